The Balaban J connectivity index is 1.02. The lowest BCUT2D eigenvalue weighted by molar-refractivity contribution is -0.124. The van der Waals surface area contributed by atoms with Crippen LogP contribution in [0.5, 0.6) is 5.75 Å². The topological polar surface area (TPSA) is 123 Å². The van der Waals surface area contributed by atoms with Gasteiger partial charge >= 0.3 is 0 Å². The minimum atomic E-state index is -4.14. The third kappa shape index (κ3) is 7.61. The van der Waals surface area contributed by atoms with Crippen molar-refractivity contribution in [3.63, 3.8) is 0 Å². The van der Waals surface area contributed by atoms with Crippen molar-refractivity contribution in [1.82, 2.24) is 34.0 Å². The summed E-state index contributed by atoms with van der Waals surface area (Å²) in [7, 11) is -4.14. The molecule has 1 N–H and O–H groups in total. The van der Waals surface area contributed by atoms with Crippen LogP contribution in [0.15, 0.2) is 84.4 Å². The minimum absolute atomic E-state index is 0.0329. The number of para-hydroxylation sites is 1. The lowest BCUT2D eigenvalue weighted by Crippen LogP contribution is -2.47. The maximum Gasteiger partial charge on any atom is 0.245 e. The van der Waals surface area contributed by atoms with E-state index in [2.05, 4.69) is 20.2 Å². The molecule has 0 aliphatic carbocycles. The zero-order chi connectivity index (χ0) is 35.5. The number of halogens is 2. The quantitative estimate of drug-likeness (QED) is 0.170. The second kappa shape index (κ2) is 15.3. The highest BCUT2D eigenvalue weighted by molar-refractivity contribution is 7.89. The van der Waals surface area contributed by atoms with Crippen molar-refractivity contribution in [1.29, 1.82) is 0 Å². The summed E-state index contributed by atoms with van der Waals surface area (Å²) >= 11 is 13.4. The number of imidazole rings is 1. The Morgan fingerprint density at radius 1 is 1.02 bits per heavy atom. The van der Waals surface area contributed by atoms with Crippen molar-refractivity contribution in [2.45, 2.75) is 56.7 Å². The molecule has 51 heavy (non-hydrogen) atoms. The average Bonchev–Trinajstić information content (AvgIpc) is 3.85. The summed E-state index contributed by atoms with van der Waals surface area (Å²) in [5.41, 5.74) is 3.70. The number of aryl methyl sites for hydroxylation is 1. The van der Waals surface area contributed by atoms with Crippen molar-refractivity contribution < 1.29 is 17.9 Å². The number of hydrogen-bond donors (Lipinski definition) is 1. The van der Waals surface area contributed by atoms with E-state index < -0.39 is 16.1 Å². The smallest absolute Gasteiger partial charge is 0.245 e. The van der Waals surface area contributed by atoms with Gasteiger partial charge in [0.25, 0.3) is 0 Å². The number of nitrogens with one attached hydrogen (secondary N) is 1. The van der Waals surface area contributed by atoms with E-state index in [9.17, 15) is 13.2 Å². The van der Waals surface area contributed by atoms with Crippen LogP contribution in [-0.2, 0) is 28.0 Å². The third-order valence-corrected chi connectivity index (χ3v) is 12.5. The van der Waals surface area contributed by atoms with Crippen LogP contribution < -0.4 is 10.1 Å². The zero-order valence-electron chi connectivity index (χ0n) is 28.2. The highest BCUT2D eigenvalue weighted by Crippen LogP contribution is 2.37. The maximum absolute atomic E-state index is 14.1. The number of piperidine rings is 1. The Kier molecular flexibility index (Phi) is 10.6. The van der Waals surface area contributed by atoms with Gasteiger partial charge in [-0.15, -0.1) is 0 Å². The van der Waals surface area contributed by atoms with Crippen LogP contribution in [0.1, 0.15) is 42.6 Å². The number of likely N-dealkylation sites (tertiary alicyclic amines) is 1. The first kappa shape index (κ1) is 35.3. The molecule has 2 aliphatic rings. The molecule has 2 fully saturated rings. The fourth-order valence-corrected chi connectivity index (χ4v) is 9.49. The van der Waals surface area contributed by atoms with Gasteiger partial charge in [-0.1, -0.05) is 41.4 Å². The molecule has 5 aromatic rings. The predicted octanol–water partition coefficient (Wildman–Crippen LogP) is 6.19. The number of nitrogens with zero attached hydrogens (tertiary/aromatic N) is 6. The van der Waals surface area contributed by atoms with Crippen molar-refractivity contribution in [3.8, 4) is 11.4 Å². The molecule has 0 spiro atoms. The first-order valence-electron chi connectivity index (χ1n) is 17.1. The van der Waals surface area contributed by atoms with Crippen molar-refractivity contribution in [2.75, 3.05) is 26.2 Å². The number of rotatable bonds is 11. The second-order valence-electron chi connectivity index (χ2n) is 13.1. The van der Waals surface area contributed by atoms with Gasteiger partial charge in [0.05, 0.1) is 22.7 Å². The van der Waals surface area contributed by atoms with Crippen molar-refractivity contribution in [3.05, 3.63) is 107 Å². The minimum Gasteiger partial charge on any atom is -0.487 e. The van der Waals surface area contributed by atoms with Gasteiger partial charge in [-0.25, -0.2) is 18.4 Å². The molecule has 1 atom stereocenters. The van der Waals surface area contributed by atoms with Gasteiger partial charge in [-0.05, 0) is 88.0 Å². The van der Waals surface area contributed by atoms with E-state index in [4.69, 9.17) is 32.9 Å². The first-order chi connectivity index (χ1) is 24.7. The molecule has 3 aromatic heterocycles. The molecule has 7 rings (SSSR count). The molecule has 0 saturated carbocycles. The van der Waals surface area contributed by atoms with Gasteiger partial charge in [0.1, 0.15) is 28.8 Å². The monoisotopic (exact) mass is 747 g/mol. The van der Waals surface area contributed by atoms with E-state index in [1.807, 2.05) is 60.3 Å². The summed E-state index contributed by atoms with van der Waals surface area (Å²) in [6.45, 7) is 5.19. The van der Waals surface area contributed by atoms with Gasteiger partial charge < -0.3 is 14.6 Å². The Hall–Kier alpha value is -4.07. The number of benzene rings is 2. The Bertz CT molecular complexity index is 2130. The number of aromatic nitrogens is 4. The molecular weight excluding hydrogens is 709 g/mol. The fourth-order valence-electron chi connectivity index (χ4n) is 6.97. The van der Waals surface area contributed by atoms with Gasteiger partial charge in [-0.2, -0.15) is 4.31 Å². The molecule has 2 aliphatic heterocycles. The summed E-state index contributed by atoms with van der Waals surface area (Å²) < 4.78 is 37.6. The van der Waals surface area contributed by atoms with Crippen molar-refractivity contribution in [2.24, 2.45) is 5.92 Å². The SMILES string of the molecule is Cc1cc(-n2ccnc2)c2cccc(OCc3c(Cl)ccc(S(=O)(=O)N4CCC[C@H]4C(=O)NCC4CCN(Cc5ccccn5)CC4)c3Cl)c2n1. The van der Waals surface area contributed by atoms with E-state index in [0.717, 1.165) is 54.9 Å². The molecule has 0 radical (unpaired) electrons. The summed E-state index contributed by atoms with van der Waals surface area (Å²) in [5.74, 6) is 0.537. The highest BCUT2D eigenvalue weighted by Gasteiger charge is 2.41. The fraction of sp³-hybridized carbons (Fsp3) is 0.351. The van der Waals surface area contributed by atoms with Gasteiger partial charge in [0.2, 0.25) is 15.9 Å². The van der Waals surface area contributed by atoms with E-state index in [-0.39, 0.29) is 34.0 Å². The second-order valence-corrected chi connectivity index (χ2v) is 15.7. The summed E-state index contributed by atoms with van der Waals surface area (Å²) in [4.78, 5) is 29.0. The van der Waals surface area contributed by atoms with Crippen LogP contribution in [0.25, 0.3) is 16.6 Å². The van der Waals surface area contributed by atoms with E-state index in [0.29, 0.717) is 42.1 Å². The molecule has 14 heteroatoms. The van der Waals surface area contributed by atoms with Gasteiger partial charge in [0, 0.05) is 59.9 Å². The molecule has 0 bridgehead atoms. The van der Waals surface area contributed by atoms with E-state index >= 15 is 0 Å². The largest absolute Gasteiger partial charge is 0.487 e. The lowest BCUT2D eigenvalue weighted by Gasteiger charge is -2.32. The van der Waals surface area contributed by atoms with E-state index in [1.54, 1.807) is 18.6 Å². The van der Waals surface area contributed by atoms with Crippen LogP contribution in [-0.4, -0.2) is 75.3 Å². The first-order valence-corrected chi connectivity index (χ1v) is 19.3. The third-order valence-electron chi connectivity index (χ3n) is 9.69. The normalized spacial score (nSPS) is 17.6. The molecular formula is C37H39Cl2N7O4S. The number of carbonyl (C=O) groups excluding carboxylic acids is 1. The molecule has 266 valence electrons. The Morgan fingerprint density at radius 3 is 2.63 bits per heavy atom. The zero-order valence-corrected chi connectivity index (χ0v) is 30.5. The molecule has 2 saturated heterocycles. The van der Waals surface area contributed by atoms with Gasteiger partial charge in [-0.3, -0.25) is 14.7 Å². The molecule has 0 unspecified atom stereocenters. The molecule has 2 aromatic carbocycles. The number of pyridine rings is 2. The average molecular weight is 749 g/mol. The van der Waals surface area contributed by atoms with Crippen LogP contribution >= 0.6 is 23.2 Å². The standard InChI is InChI=1S/C37H39Cl2N7O4S/c1-25-20-32(45-19-15-40-24-45)28-7-4-9-33(36(28)43-25)50-23-29-30(38)10-11-34(35(29)39)51(48,49)46-16-5-8-31(46)37(47)42-21-26-12-17-44(18-13-26)22-27-6-2-3-14-41-27/h2-4,6-7,9-11,14-15,19-20,24,26,31H,5,8,12-13,16-18,21-23H2,1H3,(H,42,47)/t31-/m0/s1. The number of ether oxygens (including phenoxy) is 1. The number of carbonyl (C=O) groups is 1. The van der Waals surface area contributed by atoms with Crippen LogP contribution in [0.2, 0.25) is 10.0 Å². The summed E-state index contributed by atoms with van der Waals surface area (Å²) in [6, 6.07) is 15.6. The molecule has 1 amide bonds. The summed E-state index contributed by atoms with van der Waals surface area (Å²) in [5, 5.41) is 4.15. The summed E-state index contributed by atoms with van der Waals surface area (Å²) in [6.07, 6.45) is 10.00. The van der Waals surface area contributed by atoms with E-state index in [1.165, 1.54) is 16.4 Å². The van der Waals surface area contributed by atoms with Gasteiger partial charge in [0.15, 0.2) is 0 Å². The van der Waals surface area contributed by atoms with Crippen LogP contribution in [0.3, 0.4) is 0 Å². The Labute approximate surface area is 307 Å². The van der Waals surface area contributed by atoms with Crippen molar-refractivity contribution >= 4 is 50.0 Å². The highest BCUT2D eigenvalue weighted by atomic mass is 35.5. The lowest BCUT2D eigenvalue weighted by atomic mass is 9.96. The maximum atomic E-state index is 14.1. The van der Waals surface area contributed by atoms with Crippen LogP contribution in [0, 0.1) is 12.8 Å². The number of sulfonamides is 1. The number of hydrogen-bond acceptors (Lipinski definition) is 8. The molecule has 5 heterocycles. The predicted molar refractivity (Wildman–Crippen MR) is 197 cm³/mol. The van der Waals surface area contributed by atoms with Crippen LogP contribution in [0.4, 0.5) is 0 Å². The Morgan fingerprint density at radius 2 is 1.86 bits per heavy atom. The number of fused-ring (bicyclic) bond motifs is 1. The molecule has 11 nitrogen and oxygen atoms in total. The number of amides is 1.